The normalized spacial score (nSPS) is 18.7. The zero-order valence-electron chi connectivity index (χ0n) is 13.0. The second kappa shape index (κ2) is 7.86. The Bertz CT molecular complexity index is 547. The summed E-state index contributed by atoms with van der Waals surface area (Å²) in [4.78, 5) is 12.2. The molecule has 7 heteroatoms. The Morgan fingerprint density at radius 1 is 1.13 bits per heavy atom. The van der Waals surface area contributed by atoms with Crippen molar-refractivity contribution >= 4 is 18.3 Å². The number of hydrogen-bond acceptors (Lipinski definition) is 5. The molecule has 2 aliphatic heterocycles. The maximum Gasteiger partial charge on any atom is 0.240 e. The molecule has 0 saturated carbocycles. The van der Waals surface area contributed by atoms with Crippen LogP contribution in [-0.4, -0.2) is 44.4 Å². The van der Waals surface area contributed by atoms with Crippen LogP contribution in [0.5, 0.6) is 11.5 Å². The Labute approximate surface area is 142 Å². The first-order valence-corrected chi connectivity index (χ1v) is 7.71. The number of fused-ring (bicyclic) bond motifs is 1. The van der Waals surface area contributed by atoms with Crippen molar-refractivity contribution in [2.45, 2.75) is 24.8 Å². The summed E-state index contributed by atoms with van der Waals surface area (Å²) in [6.45, 7) is 2.81. The van der Waals surface area contributed by atoms with E-state index in [1.165, 1.54) is 0 Å². The van der Waals surface area contributed by atoms with Crippen LogP contribution in [0.15, 0.2) is 18.2 Å². The number of nitrogens with two attached hydrogens (primary N) is 1. The second-order valence-corrected chi connectivity index (χ2v) is 5.75. The van der Waals surface area contributed by atoms with Crippen molar-refractivity contribution < 1.29 is 19.0 Å². The van der Waals surface area contributed by atoms with Crippen LogP contribution in [0.1, 0.15) is 18.4 Å². The van der Waals surface area contributed by atoms with Gasteiger partial charge in [-0.3, -0.25) is 4.79 Å². The smallest absolute Gasteiger partial charge is 0.240 e. The number of hydrogen-bond donors (Lipinski definition) is 2. The van der Waals surface area contributed by atoms with Crippen molar-refractivity contribution in [2.24, 2.45) is 5.73 Å². The monoisotopic (exact) mass is 342 g/mol. The topological polar surface area (TPSA) is 82.8 Å². The molecule has 3 rings (SSSR count). The standard InChI is InChI=1S/C16H22N2O4.ClH/c17-16(4-7-20-8-5-16)15(19)18-6-3-12-1-2-13-14(11-12)22-10-9-21-13;/h1-2,11H,3-10,17H2,(H,18,19);1H. The van der Waals surface area contributed by atoms with Crippen LogP contribution in [0.3, 0.4) is 0 Å². The molecule has 6 nitrogen and oxygen atoms in total. The van der Waals surface area contributed by atoms with Gasteiger partial charge in [-0.15, -0.1) is 12.4 Å². The van der Waals surface area contributed by atoms with Gasteiger partial charge in [0.05, 0.1) is 5.54 Å². The molecule has 23 heavy (non-hydrogen) atoms. The number of carbonyl (C=O) groups is 1. The minimum absolute atomic E-state index is 0. The van der Waals surface area contributed by atoms with Crippen LogP contribution in [0, 0.1) is 0 Å². The number of ether oxygens (including phenoxy) is 3. The van der Waals surface area contributed by atoms with Crippen molar-refractivity contribution in [3.63, 3.8) is 0 Å². The average molecular weight is 343 g/mol. The van der Waals surface area contributed by atoms with Crippen molar-refractivity contribution in [1.29, 1.82) is 0 Å². The Hall–Kier alpha value is -1.50. The molecule has 1 aromatic rings. The molecule has 1 aromatic carbocycles. The lowest BCUT2D eigenvalue weighted by atomic mass is 9.90. The highest BCUT2D eigenvalue weighted by atomic mass is 35.5. The molecule has 128 valence electrons. The predicted molar refractivity (Wildman–Crippen MR) is 88.4 cm³/mol. The van der Waals surface area contributed by atoms with Gasteiger partial charge in [-0.1, -0.05) is 6.07 Å². The first-order chi connectivity index (χ1) is 10.7. The number of rotatable bonds is 4. The van der Waals surface area contributed by atoms with Crippen LogP contribution in [0.4, 0.5) is 0 Å². The molecular weight excluding hydrogens is 320 g/mol. The first kappa shape index (κ1) is 17.8. The summed E-state index contributed by atoms with van der Waals surface area (Å²) < 4.78 is 16.3. The van der Waals surface area contributed by atoms with Crippen LogP contribution in [-0.2, 0) is 16.0 Å². The molecule has 0 spiro atoms. The van der Waals surface area contributed by atoms with Gasteiger partial charge in [0, 0.05) is 19.8 Å². The largest absolute Gasteiger partial charge is 0.486 e. The van der Waals surface area contributed by atoms with E-state index in [1.807, 2.05) is 18.2 Å². The fourth-order valence-electron chi connectivity index (χ4n) is 2.70. The van der Waals surface area contributed by atoms with E-state index in [4.69, 9.17) is 19.9 Å². The van der Waals surface area contributed by atoms with Gasteiger partial charge >= 0.3 is 0 Å². The lowest BCUT2D eigenvalue weighted by Crippen LogP contribution is -2.57. The molecule has 3 N–H and O–H groups in total. The highest BCUT2D eigenvalue weighted by Crippen LogP contribution is 2.30. The third-order valence-corrected chi connectivity index (χ3v) is 4.14. The van der Waals surface area contributed by atoms with E-state index in [1.54, 1.807) is 0 Å². The lowest BCUT2D eigenvalue weighted by Gasteiger charge is -2.31. The van der Waals surface area contributed by atoms with E-state index in [9.17, 15) is 4.79 Å². The molecule has 0 bridgehead atoms. The number of carbonyl (C=O) groups excluding carboxylic acids is 1. The maximum absolute atomic E-state index is 12.2. The minimum atomic E-state index is -0.787. The number of benzene rings is 1. The summed E-state index contributed by atoms with van der Waals surface area (Å²) >= 11 is 0. The summed E-state index contributed by atoms with van der Waals surface area (Å²) in [6.07, 6.45) is 1.88. The molecule has 0 aromatic heterocycles. The zero-order chi connectivity index (χ0) is 15.4. The van der Waals surface area contributed by atoms with Crippen LogP contribution < -0.4 is 20.5 Å². The summed E-state index contributed by atoms with van der Waals surface area (Å²) in [5.41, 5.74) is 6.46. The molecule has 0 unspecified atom stereocenters. The number of amides is 1. The molecule has 1 amide bonds. The third kappa shape index (κ3) is 4.28. The Balaban J connectivity index is 0.00000192. The number of nitrogens with one attached hydrogen (secondary N) is 1. The fraction of sp³-hybridized carbons (Fsp3) is 0.562. The molecule has 1 fully saturated rings. The lowest BCUT2D eigenvalue weighted by molar-refractivity contribution is -0.129. The second-order valence-electron chi connectivity index (χ2n) is 5.75. The highest BCUT2D eigenvalue weighted by Gasteiger charge is 2.35. The van der Waals surface area contributed by atoms with Crippen molar-refractivity contribution in [3.05, 3.63) is 23.8 Å². The van der Waals surface area contributed by atoms with Gasteiger partial charge < -0.3 is 25.3 Å². The van der Waals surface area contributed by atoms with E-state index in [0.29, 0.717) is 45.8 Å². The van der Waals surface area contributed by atoms with Crippen molar-refractivity contribution in [1.82, 2.24) is 5.32 Å². The van der Waals surface area contributed by atoms with E-state index >= 15 is 0 Å². The molecule has 0 atom stereocenters. The summed E-state index contributed by atoms with van der Waals surface area (Å²) in [5, 5.41) is 2.93. The van der Waals surface area contributed by atoms with Crippen LogP contribution >= 0.6 is 12.4 Å². The molecule has 0 radical (unpaired) electrons. The van der Waals surface area contributed by atoms with E-state index in [2.05, 4.69) is 5.32 Å². The van der Waals surface area contributed by atoms with Crippen molar-refractivity contribution in [3.8, 4) is 11.5 Å². The Morgan fingerprint density at radius 3 is 2.57 bits per heavy atom. The molecule has 2 heterocycles. The average Bonchev–Trinajstić information content (AvgIpc) is 2.55. The zero-order valence-corrected chi connectivity index (χ0v) is 13.8. The van der Waals surface area contributed by atoms with Crippen molar-refractivity contribution in [2.75, 3.05) is 33.0 Å². The quantitative estimate of drug-likeness (QED) is 0.854. The SMILES string of the molecule is Cl.NC1(C(=O)NCCc2ccc3c(c2)OCCO3)CCOCC1. The Kier molecular flexibility index (Phi) is 6.10. The van der Waals surface area contributed by atoms with Gasteiger partial charge in [0.1, 0.15) is 13.2 Å². The van der Waals surface area contributed by atoms with Gasteiger partial charge in [0.2, 0.25) is 5.91 Å². The summed E-state index contributed by atoms with van der Waals surface area (Å²) in [5.74, 6) is 1.46. The predicted octanol–water partition coefficient (Wildman–Crippen LogP) is 1.05. The Morgan fingerprint density at radius 2 is 1.83 bits per heavy atom. The van der Waals surface area contributed by atoms with Crippen LogP contribution in [0.2, 0.25) is 0 Å². The minimum Gasteiger partial charge on any atom is -0.486 e. The van der Waals surface area contributed by atoms with Crippen LogP contribution in [0.25, 0.3) is 0 Å². The highest BCUT2D eigenvalue weighted by molar-refractivity contribution is 5.86. The maximum atomic E-state index is 12.2. The molecule has 2 aliphatic rings. The first-order valence-electron chi connectivity index (χ1n) is 7.71. The third-order valence-electron chi connectivity index (χ3n) is 4.14. The number of halogens is 1. The molecule has 1 saturated heterocycles. The molecular formula is C16H23ClN2O4. The van der Waals surface area contributed by atoms with Gasteiger partial charge in [0.25, 0.3) is 0 Å². The van der Waals surface area contributed by atoms with Gasteiger partial charge in [0.15, 0.2) is 11.5 Å². The molecule has 0 aliphatic carbocycles. The summed E-state index contributed by atoms with van der Waals surface area (Å²) in [6, 6.07) is 5.87. The fourth-order valence-corrected chi connectivity index (χ4v) is 2.70. The van der Waals surface area contributed by atoms with E-state index in [0.717, 1.165) is 23.5 Å². The summed E-state index contributed by atoms with van der Waals surface area (Å²) in [7, 11) is 0. The van der Waals surface area contributed by atoms with E-state index in [-0.39, 0.29) is 18.3 Å². The van der Waals surface area contributed by atoms with Gasteiger partial charge in [-0.25, -0.2) is 0 Å². The van der Waals surface area contributed by atoms with Gasteiger partial charge in [-0.2, -0.15) is 0 Å². The van der Waals surface area contributed by atoms with E-state index < -0.39 is 5.54 Å². The van der Waals surface area contributed by atoms with Gasteiger partial charge in [-0.05, 0) is 37.0 Å².